The van der Waals surface area contributed by atoms with E-state index in [2.05, 4.69) is 10.6 Å². The van der Waals surface area contributed by atoms with Gasteiger partial charge in [-0.1, -0.05) is 0 Å². The molecule has 1 saturated heterocycles. The van der Waals surface area contributed by atoms with E-state index in [1.807, 2.05) is 6.92 Å². The van der Waals surface area contributed by atoms with Gasteiger partial charge in [0, 0.05) is 35.5 Å². The molecular formula is C9H18N2O3S. The molecule has 2 amide bonds. The highest BCUT2D eigenvalue weighted by Gasteiger charge is 2.17. The minimum atomic E-state index is -0.898. The summed E-state index contributed by atoms with van der Waals surface area (Å²) < 4.78 is 16.2. The van der Waals surface area contributed by atoms with Crippen LogP contribution < -0.4 is 10.6 Å². The van der Waals surface area contributed by atoms with Gasteiger partial charge in [-0.2, -0.15) is 0 Å². The maximum atomic E-state index is 11.3. The van der Waals surface area contributed by atoms with Gasteiger partial charge >= 0.3 is 6.03 Å². The molecule has 1 rings (SSSR count). The predicted octanol–water partition coefficient (Wildman–Crippen LogP) is -0.158. The van der Waals surface area contributed by atoms with Gasteiger partial charge in [-0.15, -0.1) is 0 Å². The van der Waals surface area contributed by atoms with Crippen LogP contribution in [0.25, 0.3) is 0 Å². The summed E-state index contributed by atoms with van der Waals surface area (Å²) in [5.74, 6) is 0. The normalized spacial score (nSPS) is 24.5. The van der Waals surface area contributed by atoms with Gasteiger partial charge in [0.2, 0.25) is 0 Å². The molecule has 0 spiro atoms. The zero-order valence-corrected chi connectivity index (χ0v) is 9.93. The summed E-state index contributed by atoms with van der Waals surface area (Å²) in [6, 6.07) is -0.0877. The fourth-order valence-electron chi connectivity index (χ4n) is 1.24. The van der Waals surface area contributed by atoms with Crippen molar-refractivity contribution in [2.24, 2.45) is 0 Å². The molecule has 1 aliphatic rings. The third-order valence-electron chi connectivity index (χ3n) is 2.38. The second kappa shape index (κ2) is 6.07. The van der Waals surface area contributed by atoms with Crippen LogP contribution in [0, 0.1) is 0 Å². The van der Waals surface area contributed by atoms with Crippen LogP contribution in [0.15, 0.2) is 0 Å². The van der Waals surface area contributed by atoms with Crippen LogP contribution in [0.3, 0.4) is 0 Å². The molecule has 0 radical (unpaired) electrons. The highest BCUT2D eigenvalue weighted by atomic mass is 32.2. The van der Waals surface area contributed by atoms with Gasteiger partial charge < -0.3 is 15.4 Å². The molecule has 0 aliphatic carbocycles. The lowest BCUT2D eigenvalue weighted by atomic mass is 10.3. The minimum Gasteiger partial charge on any atom is -0.379 e. The first kappa shape index (κ1) is 12.4. The number of hydrogen-bond donors (Lipinski definition) is 2. The maximum absolute atomic E-state index is 11.3. The maximum Gasteiger partial charge on any atom is 0.315 e. The van der Waals surface area contributed by atoms with Crippen molar-refractivity contribution in [1.82, 2.24) is 10.6 Å². The summed E-state index contributed by atoms with van der Waals surface area (Å²) in [6.07, 6.45) is 2.50. The number of rotatable bonds is 4. The van der Waals surface area contributed by atoms with Crippen LogP contribution in [-0.2, 0) is 15.5 Å². The molecule has 15 heavy (non-hydrogen) atoms. The highest BCUT2D eigenvalue weighted by Crippen LogP contribution is 2.02. The minimum absolute atomic E-state index is 0.0180. The van der Waals surface area contributed by atoms with Gasteiger partial charge in [0.15, 0.2) is 0 Å². The Kier molecular flexibility index (Phi) is 5.04. The molecule has 0 saturated carbocycles. The molecule has 3 atom stereocenters. The monoisotopic (exact) mass is 234 g/mol. The molecule has 3 unspecified atom stereocenters. The first-order valence-electron chi connectivity index (χ1n) is 5.04. The molecule has 1 fully saturated rings. The molecule has 88 valence electrons. The lowest BCUT2D eigenvalue weighted by Crippen LogP contribution is -2.44. The van der Waals surface area contributed by atoms with E-state index < -0.39 is 10.8 Å². The molecule has 0 aromatic heterocycles. The largest absolute Gasteiger partial charge is 0.379 e. The Morgan fingerprint density at radius 3 is 2.93 bits per heavy atom. The van der Waals surface area contributed by atoms with Crippen molar-refractivity contribution in [3.63, 3.8) is 0 Å². The summed E-state index contributed by atoms with van der Waals surface area (Å²) in [7, 11) is -0.898. The third kappa shape index (κ3) is 4.61. The van der Waals surface area contributed by atoms with Crippen molar-refractivity contribution >= 4 is 16.8 Å². The highest BCUT2D eigenvalue weighted by molar-refractivity contribution is 7.84. The Labute approximate surface area is 92.4 Å². The Morgan fingerprint density at radius 2 is 2.40 bits per heavy atom. The number of nitrogens with one attached hydrogen (secondary N) is 2. The van der Waals surface area contributed by atoms with E-state index in [-0.39, 0.29) is 17.3 Å². The Hall–Kier alpha value is -0.620. The van der Waals surface area contributed by atoms with Gasteiger partial charge in [0.1, 0.15) is 0 Å². The average molecular weight is 234 g/mol. The first-order valence-corrected chi connectivity index (χ1v) is 6.66. The van der Waals surface area contributed by atoms with E-state index in [0.29, 0.717) is 19.8 Å². The molecule has 2 N–H and O–H groups in total. The van der Waals surface area contributed by atoms with Crippen LogP contribution >= 0.6 is 0 Å². The van der Waals surface area contributed by atoms with Crippen molar-refractivity contribution in [1.29, 1.82) is 0 Å². The molecule has 5 nitrogen and oxygen atoms in total. The molecule has 1 heterocycles. The number of ether oxygens (including phenoxy) is 1. The standard InChI is InChI=1S/C9H18N2O3S/c1-7(15(2)13)5-10-9(12)11-8-3-4-14-6-8/h7-8H,3-6H2,1-2H3,(H2,10,11,12). The van der Waals surface area contributed by atoms with Crippen molar-refractivity contribution in [2.45, 2.75) is 24.6 Å². The zero-order chi connectivity index (χ0) is 11.3. The van der Waals surface area contributed by atoms with Gasteiger partial charge in [-0.3, -0.25) is 4.21 Å². The molecule has 6 heteroatoms. The Balaban J connectivity index is 2.15. The number of carbonyl (C=O) groups is 1. The third-order valence-corrected chi connectivity index (χ3v) is 3.68. The number of urea groups is 1. The number of amides is 2. The fraction of sp³-hybridized carbons (Fsp3) is 0.889. The summed E-state index contributed by atoms with van der Waals surface area (Å²) in [4.78, 5) is 11.3. The van der Waals surface area contributed by atoms with E-state index in [9.17, 15) is 9.00 Å². The number of hydrogen-bond acceptors (Lipinski definition) is 3. The van der Waals surface area contributed by atoms with Crippen LogP contribution in [0.4, 0.5) is 4.79 Å². The van der Waals surface area contributed by atoms with Crippen LogP contribution in [0.1, 0.15) is 13.3 Å². The van der Waals surface area contributed by atoms with Crippen LogP contribution in [0.2, 0.25) is 0 Å². The lowest BCUT2D eigenvalue weighted by molar-refractivity contribution is 0.188. The Morgan fingerprint density at radius 1 is 1.67 bits per heavy atom. The van der Waals surface area contributed by atoms with E-state index in [4.69, 9.17) is 4.74 Å². The quantitative estimate of drug-likeness (QED) is 0.710. The van der Waals surface area contributed by atoms with Crippen molar-refractivity contribution in [2.75, 3.05) is 26.0 Å². The summed E-state index contributed by atoms with van der Waals surface area (Å²) in [5, 5.41) is 5.47. The fourth-order valence-corrected chi connectivity index (χ4v) is 1.56. The van der Waals surface area contributed by atoms with E-state index in [1.165, 1.54) is 0 Å². The van der Waals surface area contributed by atoms with Gasteiger partial charge in [0.25, 0.3) is 0 Å². The topological polar surface area (TPSA) is 67.4 Å². The van der Waals surface area contributed by atoms with Gasteiger partial charge in [-0.25, -0.2) is 4.79 Å². The van der Waals surface area contributed by atoms with Gasteiger partial charge in [0.05, 0.1) is 12.6 Å². The second-order valence-corrected chi connectivity index (χ2v) is 5.53. The van der Waals surface area contributed by atoms with E-state index in [1.54, 1.807) is 6.26 Å². The summed E-state index contributed by atoms with van der Waals surface area (Å²) in [6.45, 7) is 3.57. The van der Waals surface area contributed by atoms with Crippen LogP contribution in [-0.4, -0.2) is 47.5 Å². The van der Waals surface area contributed by atoms with Crippen LogP contribution in [0.5, 0.6) is 0 Å². The average Bonchev–Trinajstić information content (AvgIpc) is 2.66. The molecule has 0 aromatic rings. The van der Waals surface area contributed by atoms with E-state index >= 15 is 0 Å². The predicted molar refractivity (Wildman–Crippen MR) is 59.3 cm³/mol. The van der Waals surface area contributed by atoms with Gasteiger partial charge in [-0.05, 0) is 13.3 Å². The van der Waals surface area contributed by atoms with E-state index in [0.717, 1.165) is 6.42 Å². The molecule has 0 bridgehead atoms. The second-order valence-electron chi connectivity index (χ2n) is 3.72. The Bertz CT molecular complexity index is 242. The lowest BCUT2D eigenvalue weighted by Gasteiger charge is -2.13. The molecule has 1 aliphatic heterocycles. The van der Waals surface area contributed by atoms with Crippen molar-refractivity contribution < 1.29 is 13.7 Å². The molecular weight excluding hydrogens is 216 g/mol. The number of carbonyl (C=O) groups excluding carboxylic acids is 1. The smallest absolute Gasteiger partial charge is 0.315 e. The molecule has 0 aromatic carbocycles. The van der Waals surface area contributed by atoms with Crippen molar-refractivity contribution in [3.8, 4) is 0 Å². The van der Waals surface area contributed by atoms with Crippen molar-refractivity contribution in [3.05, 3.63) is 0 Å². The SMILES string of the molecule is CC(CNC(=O)NC1CCOC1)S(C)=O. The summed E-state index contributed by atoms with van der Waals surface area (Å²) >= 11 is 0. The summed E-state index contributed by atoms with van der Waals surface area (Å²) in [5.41, 5.74) is 0. The first-order chi connectivity index (χ1) is 7.09. The zero-order valence-electron chi connectivity index (χ0n) is 9.12.